The molecule has 2 rings (SSSR count). The Kier molecular flexibility index (Phi) is 5.04. The SMILES string of the molecule is CNCc1csc(S(=O)(=O)NCc2ccc(F)cc2F)c1. The molecule has 0 aliphatic rings. The Balaban J connectivity index is 2.10. The first-order valence-electron chi connectivity index (χ1n) is 6.08. The highest BCUT2D eigenvalue weighted by atomic mass is 32.2. The monoisotopic (exact) mass is 332 g/mol. The zero-order valence-electron chi connectivity index (χ0n) is 11.2. The van der Waals surface area contributed by atoms with Gasteiger partial charge in [-0.1, -0.05) is 6.07 Å². The second-order valence-electron chi connectivity index (χ2n) is 4.36. The summed E-state index contributed by atoms with van der Waals surface area (Å²) < 4.78 is 52.9. The van der Waals surface area contributed by atoms with Crippen LogP contribution in [-0.4, -0.2) is 15.5 Å². The number of halogens is 2. The molecule has 2 aromatic rings. The molecule has 1 aromatic heterocycles. The predicted octanol–water partition coefficient (Wildman–Crippen LogP) is 2.22. The van der Waals surface area contributed by atoms with E-state index in [4.69, 9.17) is 0 Å². The van der Waals surface area contributed by atoms with Crippen LogP contribution in [0.3, 0.4) is 0 Å². The molecule has 0 spiro atoms. The van der Waals surface area contributed by atoms with Gasteiger partial charge in [0.05, 0.1) is 0 Å². The maximum atomic E-state index is 13.5. The highest BCUT2D eigenvalue weighted by Gasteiger charge is 2.17. The highest BCUT2D eigenvalue weighted by molar-refractivity contribution is 7.91. The second-order valence-corrected chi connectivity index (χ2v) is 7.27. The van der Waals surface area contributed by atoms with Crippen LogP contribution in [-0.2, 0) is 23.1 Å². The Labute approximate surface area is 125 Å². The highest BCUT2D eigenvalue weighted by Crippen LogP contribution is 2.20. The summed E-state index contributed by atoms with van der Waals surface area (Å²) in [5.41, 5.74) is 0.947. The topological polar surface area (TPSA) is 58.2 Å². The maximum Gasteiger partial charge on any atom is 0.250 e. The Hall–Kier alpha value is -1.35. The molecule has 8 heteroatoms. The fourth-order valence-electron chi connectivity index (χ4n) is 1.70. The molecule has 0 saturated heterocycles. The van der Waals surface area contributed by atoms with Gasteiger partial charge in [-0.3, -0.25) is 0 Å². The van der Waals surface area contributed by atoms with Gasteiger partial charge in [-0.15, -0.1) is 11.3 Å². The lowest BCUT2D eigenvalue weighted by atomic mass is 10.2. The first kappa shape index (κ1) is 16.0. The second kappa shape index (κ2) is 6.61. The first-order chi connectivity index (χ1) is 9.92. The molecule has 0 aliphatic heterocycles. The van der Waals surface area contributed by atoms with Crippen LogP contribution in [0, 0.1) is 11.6 Å². The minimum atomic E-state index is -3.70. The Morgan fingerprint density at radius 1 is 1.19 bits per heavy atom. The fourth-order valence-corrected chi connectivity index (χ4v) is 3.96. The predicted molar refractivity (Wildman–Crippen MR) is 77.5 cm³/mol. The van der Waals surface area contributed by atoms with E-state index in [2.05, 4.69) is 10.0 Å². The van der Waals surface area contributed by atoms with Gasteiger partial charge in [0.1, 0.15) is 15.8 Å². The van der Waals surface area contributed by atoms with E-state index in [0.717, 1.165) is 29.0 Å². The summed E-state index contributed by atoms with van der Waals surface area (Å²) in [6.07, 6.45) is 0. The smallest absolute Gasteiger partial charge is 0.250 e. The van der Waals surface area contributed by atoms with Crippen molar-refractivity contribution in [1.82, 2.24) is 10.0 Å². The maximum absolute atomic E-state index is 13.5. The molecule has 0 bridgehead atoms. The largest absolute Gasteiger partial charge is 0.316 e. The summed E-state index contributed by atoms with van der Waals surface area (Å²) in [5.74, 6) is -1.48. The molecule has 1 heterocycles. The van der Waals surface area contributed by atoms with Gasteiger partial charge in [0.25, 0.3) is 0 Å². The molecular formula is C13H14F2N2O2S2. The average molecular weight is 332 g/mol. The third kappa shape index (κ3) is 4.07. The van der Waals surface area contributed by atoms with Crippen LogP contribution in [0.5, 0.6) is 0 Å². The van der Waals surface area contributed by atoms with Gasteiger partial charge >= 0.3 is 0 Å². The number of hydrogen-bond donors (Lipinski definition) is 2. The summed E-state index contributed by atoms with van der Waals surface area (Å²) in [7, 11) is -1.94. The number of sulfonamides is 1. The summed E-state index contributed by atoms with van der Waals surface area (Å²) in [4.78, 5) is 0. The van der Waals surface area contributed by atoms with E-state index in [1.807, 2.05) is 0 Å². The quantitative estimate of drug-likeness (QED) is 0.853. The van der Waals surface area contributed by atoms with Crippen molar-refractivity contribution in [2.75, 3.05) is 7.05 Å². The fraction of sp³-hybridized carbons (Fsp3) is 0.231. The van der Waals surface area contributed by atoms with Crippen LogP contribution in [0.2, 0.25) is 0 Å². The number of nitrogens with one attached hydrogen (secondary N) is 2. The Morgan fingerprint density at radius 2 is 1.95 bits per heavy atom. The van der Waals surface area contributed by atoms with Gasteiger partial charge in [-0.05, 0) is 30.1 Å². The third-order valence-electron chi connectivity index (χ3n) is 2.74. The number of thiophene rings is 1. The molecular weight excluding hydrogens is 318 g/mol. The molecule has 4 nitrogen and oxygen atoms in total. The minimum Gasteiger partial charge on any atom is -0.316 e. The van der Waals surface area contributed by atoms with Gasteiger partial charge in [0.15, 0.2) is 0 Å². The van der Waals surface area contributed by atoms with E-state index in [1.54, 1.807) is 18.5 Å². The van der Waals surface area contributed by atoms with Crippen LogP contribution >= 0.6 is 11.3 Å². The summed E-state index contributed by atoms with van der Waals surface area (Å²) >= 11 is 1.09. The summed E-state index contributed by atoms with van der Waals surface area (Å²) in [6.45, 7) is 0.340. The molecule has 0 fully saturated rings. The van der Waals surface area contributed by atoms with Gasteiger partial charge < -0.3 is 5.32 Å². The molecule has 0 aliphatic carbocycles. The first-order valence-corrected chi connectivity index (χ1v) is 8.44. The molecule has 21 heavy (non-hydrogen) atoms. The Morgan fingerprint density at radius 3 is 2.62 bits per heavy atom. The van der Waals surface area contributed by atoms with Crippen LogP contribution in [0.25, 0.3) is 0 Å². The van der Waals surface area contributed by atoms with E-state index in [-0.39, 0.29) is 16.3 Å². The van der Waals surface area contributed by atoms with Gasteiger partial charge in [0.2, 0.25) is 10.0 Å². The number of benzene rings is 1. The van der Waals surface area contributed by atoms with Crippen molar-refractivity contribution in [3.63, 3.8) is 0 Å². The van der Waals surface area contributed by atoms with E-state index < -0.39 is 21.7 Å². The molecule has 0 atom stereocenters. The lowest BCUT2D eigenvalue weighted by molar-refractivity contribution is 0.563. The van der Waals surface area contributed by atoms with Crippen molar-refractivity contribution in [3.8, 4) is 0 Å². The van der Waals surface area contributed by atoms with Gasteiger partial charge in [0, 0.05) is 24.7 Å². The summed E-state index contributed by atoms with van der Waals surface area (Å²) in [6, 6.07) is 4.58. The van der Waals surface area contributed by atoms with Gasteiger partial charge in [-0.2, -0.15) is 0 Å². The Bertz CT molecular complexity index is 730. The molecule has 0 unspecified atom stereocenters. The van der Waals surface area contributed by atoms with Crippen molar-refractivity contribution in [2.24, 2.45) is 0 Å². The zero-order chi connectivity index (χ0) is 15.5. The number of hydrogen-bond acceptors (Lipinski definition) is 4. The molecule has 0 saturated carbocycles. The minimum absolute atomic E-state index is 0.0898. The van der Waals surface area contributed by atoms with Crippen molar-refractivity contribution >= 4 is 21.4 Å². The van der Waals surface area contributed by atoms with Crippen molar-refractivity contribution in [2.45, 2.75) is 17.3 Å². The summed E-state index contributed by atoms with van der Waals surface area (Å²) in [5, 5.41) is 4.67. The zero-order valence-corrected chi connectivity index (χ0v) is 12.8. The van der Waals surface area contributed by atoms with E-state index in [1.165, 1.54) is 6.07 Å². The lowest BCUT2D eigenvalue weighted by Crippen LogP contribution is -2.23. The third-order valence-corrected chi connectivity index (χ3v) is 5.63. The molecule has 114 valence electrons. The van der Waals surface area contributed by atoms with Gasteiger partial charge in [-0.25, -0.2) is 21.9 Å². The van der Waals surface area contributed by atoms with E-state index in [9.17, 15) is 17.2 Å². The van der Waals surface area contributed by atoms with Crippen molar-refractivity contribution < 1.29 is 17.2 Å². The van der Waals surface area contributed by atoms with Crippen LogP contribution < -0.4 is 10.0 Å². The van der Waals surface area contributed by atoms with E-state index in [0.29, 0.717) is 6.54 Å². The normalized spacial score (nSPS) is 11.8. The molecule has 0 amide bonds. The van der Waals surface area contributed by atoms with Crippen LogP contribution in [0.4, 0.5) is 8.78 Å². The van der Waals surface area contributed by atoms with Crippen LogP contribution in [0.1, 0.15) is 11.1 Å². The van der Waals surface area contributed by atoms with Crippen LogP contribution in [0.15, 0.2) is 33.9 Å². The molecule has 2 N–H and O–H groups in total. The lowest BCUT2D eigenvalue weighted by Gasteiger charge is -2.06. The van der Waals surface area contributed by atoms with E-state index >= 15 is 0 Å². The molecule has 1 aromatic carbocycles. The standard InChI is InChI=1S/C13H14F2N2O2S2/c1-16-6-9-4-13(20-8-9)21(18,19)17-7-10-2-3-11(14)5-12(10)15/h2-5,8,16-17H,6-7H2,1H3. The average Bonchev–Trinajstić information content (AvgIpc) is 2.88. The van der Waals surface area contributed by atoms with Crippen molar-refractivity contribution in [3.05, 3.63) is 52.4 Å². The number of rotatable bonds is 6. The molecule has 0 radical (unpaired) electrons. The van der Waals surface area contributed by atoms with Crippen molar-refractivity contribution in [1.29, 1.82) is 0 Å².